The Balaban J connectivity index is 1.64. The van der Waals surface area contributed by atoms with E-state index < -0.39 is 5.41 Å². The van der Waals surface area contributed by atoms with Crippen LogP contribution in [-0.2, 0) is 17.0 Å². The lowest BCUT2D eigenvalue weighted by molar-refractivity contribution is 0.0736. The standard InChI is InChI=1S/C28H29ClN4O4S3/c1-28(2,3)27(36)33-25(39-17-18-6-8-23(29)40-18)15-19(30-33)26-20(31-10-12-37-13-11-31)7-9-24(35)32(26)16-21(34)22-5-4-14-38-22/h4-9,14-15H,10-13,16-17H2,1-3H3. The quantitative estimate of drug-likeness (QED) is 0.172. The number of morpholine rings is 1. The molecule has 0 N–H and O–H groups in total. The van der Waals surface area contributed by atoms with Gasteiger partial charge in [-0.25, -0.2) is 0 Å². The molecule has 0 unspecified atom stereocenters. The fraction of sp³-hybridized carbons (Fsp3) is 0.357. The number of rotatable bonds is 8. The fourth-order valence-corrected chi connectivity index (χ4v) is 7.11. The fourth-order valence-electron chi connectivity index (χ4n) is 4.33. The predicted molar refractivity (Wildman–Crippen MR) is 163 cm³/mol. The monoisotopic (exact) mass is 616 g/mol. The normalized spacial score (nSPS) is 14.1. The minimum Gasteiger partial charge on any atom is -0.378 e. The Morgan fingerprint density at radius 3 is 2.55 bits per heavy atom. The van der Waals surface area contributed by atoms with Gasteiger partial charge in [-0.05, 0) is 29.6 Å². The number of hydrogen-bond acceptors (Lipinski definition) is 9. The van der Waals surface area contributed by atoms with E-state index in [1.54, 1.807) is 12.1 Å². The first kappa shape index (κ1) is 28.8. The maximum atomic E-state index is 13.5. The summed E-state index contributed by atoms with van der Waals surface area (Å²) in [7, 11) is 0. The van der Waals surface area contributed by atoms with E-state index in [9.17, 15) is 14.4 Å². The number of nitrogens with zero attached hydrogens (tertiary/aromatic N) is 4. The van der Waals surface area contributed by atoms with Crippen molar-refractivity contribution in [3.8, 4) is 11.4 Å². The van der Waals surface area contributed by atoms with Crippen molar-refractivity contribution in [2.24, 2.45) is 5.41 Å². The highest BCUT2D eigenvalue weighted by molar-refractivity contribution is 7.98. The number of carbonyl (C=O) groups is 2. The van der Waals surface area contributed by atoms with Crippen molar-refractivity contribution in [3.05, 3.63) is 72.3 Å². The molecule has 0 radical (unpaired) electrons. The summed E-state index contributed by atoms with van der Waals surface area (Å²) >= 11 is 10.4. The third-order valence-electron chi connectivity index (χ3n) is 6.36. The van der Waals surface area contributed by atoms with Crippen LogP contribution < -0.4 is 10.5 Å². The zero-order valence-electron chi connectivity index (χ0n) is 22.4. The Kier molecular flexibility index (Phi) is 8.67. The molecule has 0 spiro atoms. The maximum Gasteiger partial charge on any atom is 0.253 e. The highest BCUT2D eigenvalue weighted by Crippen LogP contribution is 2.36. The molecule has 12 heteroatoms. The van der Waals surface area contributed by atoms with Crippen LogP contribution in [0.5, 0.6) is 0 Å². The summed E-state index contributed by atoms with van der Waals surface area (Å²) in [6.45, 7) is 7.77. The van der Waals surface area contributed by atoms with Crippen LogP contribution in [0.15, 0.2) is 57.7 Å². The molecule has 0 amide bonds. The lowest BCUT2D eigenvalue weighted by atomic mass is 9.96. The van der Waals surface area contributed by atoms with Gasteiger partial charge in [-0.15, -0.1) is 34.4 Å². The average molecular weight is 617 g/mol. The molecular formula is C28H29ClN4O4S3. The first-order valence-electron chi connectivity index (χ1n) is 12.8. The smallest absolute Gasteiger partial charge is 0.253 e. The molecule has 5 rings (SSSR count). The second-order valence-electron chi connectivity index (χ2n) is 10.3. The number of ether oxygens (including phenoxy) is 1. The Morgan fingerprint density at radius 1 is 1.12 bits per heavy atom. The molecule has 4 aromatic rings. The number of Topliss-reactive ketones (excluding diaryl/α,β-unsaturated/α-hetero) is 1. The van der Waals surface area contributed by atoms with Crippen molar-refractivity contribution in [2.75, 3.05) is 31.2 Å². The Hall–Kier alpha value is -2.70. The zero-order chi connectivity index (χ0) is 28.4. The van der Waals surface area contributed by atoms with Gasteiger partial charge < -0.3 is 9.64 Å². The highest BCUT2D eigenvalue weighted by Gasteiger charge is 2.29. The number of halogens is 1. The van der Waals surface area contributed by atoms with Gasteiger partial charge in [0.05, 0.1) is 40.4 Å². The van der Waals surface area contributed by atoms with E-state index >= 15 is 0 Å². The van der Waals surface area contributed by atoms with E-state index in [-0.39, 0.29) is 23.8 Å². The van der Waals surface area contributed by atoms with Crippen LogP contribution in [0.2, 0.25) is 4.34 Å². The van der Waals surface area contributed by atoms with Gasteiger partial charge in [-0.1, -0.05) is 38.4 Å². The molecule has 5 heterocycles. The van der Waals surface area contributed by atoms with Crippen molar-refractivity contribution >= 4 is 63.4 Å². The van der Waals surface area contributed by atoms with E-state index in [1.807, 2.05) is 50.4 Å². The predicted octanol–water partition coefficient (Wildman–Crippen LogP) is 6.19. The second-order valence-corrected chi connectivity index (χ2v) is 14.1. The summed E-state index contributed by atoms with van der Waals surface area (Å²) in [6, 6.07) is 12.5. The molecule has 1 saturated heterocycles. The zero-order valence-corrected chi connectivity index (χ0v) is 25.6. The molecule has 0 atom stereocenters. The summed E-state index contributed by atoms with van der Waals surface area (Å²) in [6.07, 6.45) is 0. The minimum atomic E-state index is -0.691. The molecule has 1 fully saturated rings. The molecule has 1 aliphatic heterocycles. The van der Waals surface area contributed by atoms with Crippen molar-refractivity contribution < 1.29 is 14.3 Å². The van der Waals surface area contributed by atoms with Crippen LogP contribution in [0, 0.1) is 5.41 Å². The average Bonchev–Trinajstić information content (AvgIpc) is 3.69. The number of anilines is 1. The molecule has 210 valence electrons. The number of thiophene rings is 2. The lowest BCUT2D eigenvalue weighted by Gasteiger charge is -2.31. The van der Waals surface area contributed by atoms with Crippen LogP contribution in [0.25, 0.3) is 11.4 Å². The van der Waals surface area contributed by atoms with E-state index in [0.717, 1.165) is 10.6 Å². The van der Waals surface area contributed by atoms with Crippen molar-refractivity contribution in [1.29, 1.82) is 0 Å². The molecule has 0 aliphatic carbocycles. The van der Waals surface area contributed by atoms with Gasteiger partial charge in [0.15, 0.2) is 5.78 Å². The second kappa shape index (κ2) is 12.0. The van der Waals surface area contributed by atoms with Crippen LogP contribution in [0.3, 0.4) is 0 Å². The first-order valence-corrected chi connectivity index (χ1v) is 15.8. The number of pyridine rings is 1. The highest BCUT2D eigenvalue weighted by atomic mass is 35.5. The van der Waals surface area contributed by atoms with Gasteiger partial charge in [0.2, 0.25) is 0 Å². The first-order chi connectivity index (χ1) is 19.1. The number of hydrogen-bond donors (Lipinski definition) is 0. The van der Waals surface area contributed by atoms with Gasteiger partial charge >= 0.3 is 0 Å². The van der Waals surface area contributed by atoms with E-state index in [4.69, 9.17) is 21.4 Å². The molecular weight excluding hydrogens is 588 g/mol. The summed E-state index contributed by atoms with van der Waals surface area (Å²) in [5.41, 5.74) is 0.749. The minimum absolute atomic E-state index is 0.136. The molecule has 40 heavy (non-hydrogen) atoms. The molecule has 0 saturated carbocycles. The van der Waals surface area contributed by atoms with Gasteiger partial charge in [-0.2, -0.15) is 9.78 Å². The third kappa shape index (κ3) is 6.28. The summed E-state index contributed by atoms with van der Waals surface area (Å²) in [5.74, 6) is 0.277. The molecule has 4 aromatic heterocycles. The lowest BCUT2D eigenvalue weighted by Crippen LogP contribution is -2.38. The van der Waals surface area contributed by atoms with Crippen molar-refractivity contribution in [1.82, 2.24) is 14.3 Å². The molecule has 1 aliphatic rings. The maximum absolute atomic E-state index is 13.5. The van der Waals surface area contributed by atoms with Crippen molar-refractivity contribution in [2.45, 2.75) is 38.1 Å². The Morgan fingerprint density at radius 2 is 1.90 bits per heavy atom. The number of ketones is 1. The van der Waals surface area contributed by atoms with E-state index in [2.05, 4.69) is 4.90 Å². The van der Waals surface area contributed by atoms with Gasteiger partial charge in [0, 0.05) is 41.3 Å². The summed E-state index contributed by atoms with van der Waals surface area (Å²) < 4.78 is 9.18. The number of carbonyl (C=O) groups excluding carboxylic acids is 2. The van der Waals surface area contributed by atoms with Crippen molar-refractivity contribution in [3.63, 3.8) is 0 Å². The summed E-state index contributed by atoms with van der Waals surface area (Å²) in [5, 5.41) is 7.28. The molecule has 0 bridgehead atoms. The van der Waals surface area contributed by atoms with E-state index in [0.29, 0.717) is 57.7 Å². The largest absolute Gasteiger partial charge is 0.378 e. The Bertz CT molecular complexity index is 1580. The van der Waals surface area contributed by atoms with Crippen LogP contribution in [-0.4, -0.2) is 52.3 Å². The molecule has 0 aromatic carbocycles. The number of aromatic nitrogens is 3. The third-order valence-corrected chi connectivity index (χ3v) is 9.72. The van der Waals surface area contributed by atoms with Gasteiger partial charge in [0.1, 0.15) is 10.7 Å². The SMILES string of the molecule is CC(C)(C)C(=O)n1nc(-c2c(N3CCOCC3)ccc(=O)n2CC(=O)c2cccs2)cc1SCc1ccc(Cl)s1. The van der Waals surface area contributed by atoms with Crippen LogP contribution in [0.4, 0.5) is 5.69 Å². The number of thioether (sulfide) groups is 1. The Labute approximate surface area is 249 Å². The summed E-state index contributed by atoms with van der Waals surface area (Å²) in [4.78, 5) is 43.8. The van der Waals surface area contributed by atoms with E-state index in [1.165, 1.54) is 49.8 Å². The van der Waals surface area contributed by atoms with Gasteiger partial charge in [-0.3, -0.25) is 19.0 Å². The topological polar surface area (TPSA) is 86.4 Å². The molecule has 8 nitrogen and oxygen atoms in total. The van der Waals surface area contributed by atoms with Crippen LogP contribution >= 0.6 is 46.0 Å². The van der Waals surface area contributed by atoms with Gasteiger partial charge in [0.25, 0.3) is 11.5 Å². The van der Waals surface area contributed by atoms with Crippen LogP contribution in [0.1, 0.15) is 40.1 Å².